The summed E-state index contributed by atoms with van der Waals surface area (Å²) in [5.74, 6) is 0.804. The number of nitrogens with one attached hydrogen (secondary N) is 1. The fourth-order valence-electron chi connectivity index (χ4n) is 2.21. The Kier molecular flexibility index (Phi) is 4.13. The molecule has 0 unspecified atom stereocenters. The molecule has 17 heavy (non-hydrogen) atoms. The molecule has 1 aliphatic heterocycles. The van der Waals surface area contributed by atoms with Gasteiger partial charge in [0.1, 0.15) is 0 Å². The molecule has 0 atom stereocenters. The normalized spacial score (nSPS) is 19.2. The highest BCUT2D eigenvalue weighted by atomic mass is 32.2. The molecule has 1 saturated heterocycles. The van der Waals surface area contributed by atoms with Gasteiger partial charge in [0.15, 0.2) is 0 Å². The van der Waals surface area contributed by atoms with Gasteiger partial charge in [-0.05, 0) is 51.4 Å². The SMILES string of the molecule is Cc1ccc(SCC2(O)CCNCC2)c(C)c1. The van der Waals surface area contributed by atoms with E-state index in [1.807, 2.05) is 0 Å². The molecular formula is C14H21NOS. The van der Waals surface area contributed by atoms with Crippen molar-refractivity contribution in [3.63, 3.8) is 0 Å². The summed E-state index contributed by atoms with van der Waals surface area (Å²) < 4.78 is 0. The van der Waals surface area contributed by atoms with Crippen LogP contribution in [-0.4, -0.2) is 29.5 Å². The molecule has 2 nitrogen and oxygen atoms in total. The van der Waals surface area contributed by atoms with Gasteiger partial charge in [-0.15, -0.1) is 11.8 Å². The number of hydrogen-bond donors (Lipinski definition) is 2. The first-order valence-corrected chi connectivity index (χ1v) is 7.21. The van der Waals surface area contributed by atoms with Crippen LogP contribution in [0.15, 0.2) is 23.1 Å². The molecule has 1 aromatic carbocycles. The van der Waals surface area contributed by atoms with Gasteiger partial charge in [0.2, 0.25) is 0 Å². The number of benzene rings is 1. The van der Waals surface area contributed by atoms with Crippen LogP contribution in [0, 0.1) is 13.8 Å². The van der Waals surface area contributed by atoms with Crippen LogP contribution < -0.4 is 5.32 Å². The average molecular weight is 251 g/mol. The first-order valence-electron chi connectivity index (χ1n) is 6.22. The smallest absolute Gasteiger partial charge is 0.0765 e. The van der Waals surface area contributed by atoms with Crippen molar-refractivity contribution in [2.75, 3.05) is 18.8 Å². The Morgan fingerprint density at radius 2 is 2.00 bits per heavy atom. The number of aliphatic hydroxyl groups is 1. The largest absolute Gasteiger partial charge is 0.389 e. The molecule has 0 saturated carbocycles. The van der Waals surface area contributed by atoms with Crippen molar-refractivity contribution < 1.29 is 5.11 Å². The Labute approximate surface area is 108 Å². The zero-order chi connectivity index (χ0) is 12.3. The summed E-state index contributed by atoms with van der Waals surface area (Å²) >= 11 is 1.78. The van der Waals surface area contributed by atoms with E-state index in [1.54, 1.807) is 11.8 Å². The monoisotopic (exact) mass is 251 g/mol. The molecule has 3 heteroatoms. The summed E-state index contributed by atoms with van der Waals surface area (Å²) in [6, 6.07) is 6.51. The van der Waals surface area contributed by atoms with Crippen LogP contribution in [0.1, 0.15) is 24.0 Å². The number of thioether (sulfide) groups is 1. The van der Waals surface area contributed by atoms with Gasteiger partial charge in [-0.25, -0.2) is 0 Å². The average Bonchev–Trinajstić information content (AvgIpc) is 2.29. The molecule has 1 aromatic rings. The maximum absolute atomic E-state index is 10.4. The number of rotatable bonds is 3. The molecule has 2 N–H and O–H groups in total. The third-order valence-corrected chi connectivity index (χ3v) is 4.81. The van der Waals surface area contributed by atoms with E-state index in [0.717, 1.165) is 31.7 Å². The molecule has 0 radical (unpaired) electrons. The van der Waals surface area contributed by atoms with E-state index < -0.39 is 5.60 Å². The molecule has 0 aliphatic carbocycles. The predicted molar refractivity (Wildman–Crippen MR) is 73.7 cm³/mol. The Balaban J connectivity index is 1.97. The van der Waals surface area contributed by atoms with Gasteiger partial charge in [0.05, 0.1) is 5.60 Å². The van der Waals surface area contributed by atoms with Gasteiger partial charge in [-0.3, -0.25) is 0 Å². The van der Waals surface area contributed by atoms with Crippen molar-refractivity contribution in [3.8, 4) is 0 Å². The maximum atomic E-state index is 10.4. The van der Waals surface area contributed by atoms with E-state index in [4.69, 9.17) is 0 Å². The molecule has 1 heterocycles. The maximum Gasteiger partial charge on any atom is 0.0765 e. The molecule has 1 aliphatic rings. The predicted octanol–water partition coefficient (Wildman–Crippen LogP) is 2.51. The molecule has 2 rings (SSSR count). The lowest BCUT2D eigenvalue weighted by Crippen LogP contribution is -2.43. The van der Waals surface area contributed by atoms with Crippen molar-refractivity contribution in [1.29, 1.82) is 0 Å². The van der Waals surface area contributed by atoms with E-state index >= 15 is 0 Å². The lowest BCUT2D eigenvalue weighted by atomic mass is 9.95. The summed E-state index contributed by atoms with van der Waals surface area (Å²) in [4.78, 5) is 1.29. The third kappa shape index (κ3) is 3.47. The minimum absolute atomic E-state index is 0.479. The summed E-state index contributed by atoms with van der Waals surface area (Å²) in [7, 11) is 0. The lowest BCUT2D eigenvalue weighted by molar-refractivity contribution is 0.0339. The topological polar surface area (TPSA) is 32.3 Å². The molecule has 0 amide bonds. The van der Waals surface area contributed by atoms with Gasteiger partial charge >= 0.3 is 0 Å². The highest BCUT2D eigenvalue weighted by Gasteiger charge is 2.29. The van der Waals surface area contributed by atoms with Crippen LogP contribution in [0.25, 0.3) is 0 Å². The molecule has 0 bridgehead atoms. The van der Waals surface area contributed by atoms with Crippen molar-refractivity contribution >= 4 is 11.8 Å². The molecule has 0 spiro atoms. The molecular weight excluding hydrogens is 230 g/mol. The van der Waals surface area contributed by atoms with Crippen LogP contribution in [0.2, 0.25) is 0 Å². The summed E-state index contributed by atoms with van der Waals surface area (Å²) in [6.07, 6.45) is 1.73. The second-order valence-corrected chi connectivity index (χ2v) is 6.05. The molecule has 1 fully saturated rings. The van der Waals surface area contributed by atoms with Crippen molar-refractivity contribution in [3.05, 3.63) is 29.3 Å². The van der Waals surface area contributed by atoms with Gasteiger partial charge in [0.25, 0.3) is 0 Å². The van der Waals surface area contributed by atoms with Crippen LogP contribution in [0.5, 0.6) is 0 Å². The van der Waals surface area contributed by atoms with Crippen LogP contribution in [-0.2, 0) is 0 Å². The zero-order valence-electron chi connectivity index (χ0n) is 10.6. The standard InChI is InChI=1S/C14H21NOS/c1-11-3-4-13(12(2)9-11)17-10-14(16)5-7-15-8-6-14/h3-4,9,15-16H,5-8,10H2,1-2H3. The van der Waals surface area contributed by atoms with Crippen molar-refractivity contribution in [2.24, 2.45) is 0 Å². The van der Waals surface area contributed by atoms with Gasteiger partial charge in [0, 0.05) is 10.6 Å². The van der Waals surface area contributed by atoms with Gasteiger partial charge in [-0.1, -0.05) is 17.7 Å². The Hall–Kier alpha value is -0.510. The Morgan fingerprint density at radius 1 is 1.29 bits per heavy atom. The van der Waals surface area contributed by atoms with Crippen LogP contribution in [0.3, 0.4) is 0 Å². The minimum atomic E-state index is -0.479. The quantitative estimate of drug-likeness (QED) is 0.810. The summed E-state index contributed by atoms with van der Waals surface area (Å²) in [5, 5.41) is 13.7. The molecule has 94 valence electrons. The second-order valence-electron chi connectivity index (χ2n) is 5.03. The summed E-state index contributed by atoms with van der Waals surface area (Å²) in [5.41, 5.74) is 2.13. The second kappa shape index (κ2) is 5.42. The van der Waals surface area contributed by atoms with E-state index in [9.17, 15) is 5.11 Å². The highest BCUT2D eigenvalue weighted by molar-refractivity contribution is 7.99. The van der Waals surface area contributed by atoms with Crippen LogP contribution >= 0.6 is 11.8 Å². The van der Waals surface area contributed by atoms with Gasteiger partial charge in [-0.2, -0.15) is 0 Å². The van der Waals surface area contributed by atoms with E-state index in [2.05, 4.69) is 37.4 Å². The van der Waals surface area contributed by atoms with E-state index in [0.29, 0.717) is 0 Å². The lowest BCUT2D eigenvalue weighted by Gasteiger charge is -2.32. The minimum Gasteiger partial charge on any atom is -0.389 e. The highest BCUT2D eigenvalue weighted by Crippen LogP contribution is 2.30. The fraction of sp³-hybridized carbons (Fsp3) is 0.571. The van der Waals surface area contributed by atoms with E-state index in [1.165, 1.54) is 16.0 Å². The van der Waals surface area contributed by atoms with Crippen molar-refractivity contribution in [2.45, 2.75) is 37.2 Å². The van der Waals surface area contributed by atoms with E-state index in [-0.39, 0.29) is 0 Å². The molecule has 0 aromatic heterocycles. The number of hydrogen-bond acceptors (Lipinski definition) is 3. The Bertz CT molecular complexity index is 386. The van der Waals surface area contributed by atoms with Crippen LogP contribution in [0.4, 0.5) is 0 Å². The number of piperidine rings is 1. The Morgan fingerprint density at radius 3 is 2.65 bits per heavy atom. The first kappa shape index (κ1) is 12.9. The van der Waals surface area contributed by atoms with Gasteiger partial charge < -0.3 is 10.4 Å². The fourth-order valence-corrected chi connectivity index (χ4v) is 3.37. The number of aryl methyl sites for hydroxylation is 2. The first-order chi connectivity index (χ1) is 8.09. The van der Waals surface area contributed by atoms with Crippen molar-refractivity contribution in [1.82, 2.24) is 5.32 Å². The summed E-state index contributed by atoms with van der Waals surface area (Å²) in [6.45, 7) is 6.12. The zero-order valence-corrected chi connectivity index (χ0v) is 11.4. The third-order valence-electron chi connectivity index (χ3n) is 3.36.